The first-order chi connectivity index (χ1) is 14.0. The molecular weight excluding hydrogens is 360 g/mol. The van der Waals surface area contributed by atoms with E-state index in [4.69, 9.17) is 0 Å². The molecule has 0 fully saturated rings. The van der Waals surface area contributed by atoms with Crippen LogP contribution < -0.4 is 5.32 Å². The van der Waals surface area contributed by atoms with Crippen molar-refractivity contribution in [2.75, 3.05) is 5.32 Å². The SMILES string of the molecule is CC1(C)CCc2c(-c3cc4cc(NC(=O)c5ccccc5)ccc4[nH]3)n[nH]c2C1. The smallest absolute Gasteiger partial charge is 0.255 e. The zero-order valence-corrected chi connectivity index (χ0v) is 16.7. The average molecular weight is 384 g/mol. The second kappa shape index (κ2) is 6.62. The number of anilines is 1. The van der Waals surface area contributed by atoms with Crippen LogP contribution in [0.4, 0.5) is 5.69 Å². The van der Waals surface area contributed by atoms with E-state index in [0.29, 0.717) is 11.0 Å². The van der Waals surface area contributed by atoms with Gasteiger partial charge in [-0.05, 0) is 61.1 Å². The van der Waals surface area contributed by atoms with Crippen LogP contribution in [0.25, 0.3) is 22.3 Å². The van der Waals surface area contributed by atoms with Gasteiger partial charge in [-0.3, -0.25) is 9.89 Å². The molecule has 29 heavy (non-hydrogen) atoms. The van der Waals surface area contributed by atoms with Crippen LogP contribution in [0.1, 0.15) is 41.9 Å². The quantitative estimate of drug-likeness (QED) is 0.447. The zero-order valence-electron chi connectivity index (χ0n) is 16.7. The van der Waals surface area contributed by atoms with Crippen molar-refractivity contribution in [1.29, 1.82) is 0 Å². The van der Waals surface area contributed by atoms with Gasteiger partial charge in [0.15, 0.2) is 0 Å². The van der Waals surface area contributed by atoms with Gasteiger partial charge in [-0.2, -0.15) is 5.10 Å². The van der Waals surface area contributed by atoms with Crippen LogP contribution in [0.3, 0.4) is 0 Å². The van der Waals surface area contributed by atoms with Gasteiger partial charge in [-0.1, -0.05) is 32.0 Å². The van der Waals surface area contributed by atoms with E-state index in [2.05, 4.69) is 40.4 Å². The van der Waals surface area contributed by atoms with Crippen LogP contribution in [-0.2, 0) is 12.8 Å². The number of H-pyrrole nitrogens is 2. The fourth-order valence-corrected chi connectivity index (χ4v) is 4.20. The van der Waals surface area contributed by atoms with E-state index in [1.165, 1.54) is 17.7 Å². The maximum atomic E-state index is 12.4. The minimum atomic E-state index is -0.107. The molecule has 0 aliphatic heterocycles. The number of hydrogen-bond acceptors (Lipinski definition) is 2. The number of hydrogen-bond donors (Lipinski definition) is 3. The number of rotatable bonds is 3. The molecule has 0 unspecified atom stereocenters. The highest BCUT2D eigenvalue weighted by molar-refractivity contribution is 6.05. The summed E-state index contributed by atoms with van der Waals surface area (Å²) >= 11 is 0. The zero-order chi connectivity index (χ0) is 20.0. The number of aromatic nitrogens is 3. The number of nitrogens with zero attached hydrogens (tertiary/aromatic N) is 1. The molecule has 0 saturated heterocycles. The van der Waals surface area contributed by atoms with Gasteiger partial charge in [0, 0.05) is 33.4 Å². The molecule has 1 amide bonds. The number of carbonyl (C=O) groups is 1. The summed E-state index contributed by atoms with van der Waals surface area (Å²) in [6.07, 6.45) is 3.25. The second-order valence-corrected chi connectivity index (χ2v) is 8.68. The number of amides is 1. The normalized spacial score (nSPS) is 15.2. The molecule has 5 nitrogen and oxygen atoms in total. The Morgan fingerprint density at radius 1 is 1.10 bits per heavy atom. The van der Waals surface area contributed by atoms with E-state index in [0.717, 1.165) is 40.8 Å². The van der Waals surface area contributed by atoms with E-state index in [1.807, 2.05) is 48.5 Å². The Hall–Kier alpha value is -3.34. The van der Waals surface area contributed by atoms with Crippen molar-refractivity contribution in [3.05, 3.63) is 71.4 Å². The van der Waals surface area contributed by atoms with Crippen LogP contribution in [0.15, 0.2) is 54.6 Å². The Kier molecular flexibility index (Phi) is 4.05. The van der Waals surface area contributed by atoms with Gasteiger partial charge in [-0.25, -0.2) is 0 Å². The number of benzene rings is 2. The van der Waals surface area contributed by atoms with Gasteiger partial charge < -0.3 is 10.3 Å². The van der Waals surface area contributed by atoms with Gasteiger partial charge in [0.05, 0.1) is 5.69 Å². The number of nitrogens with one attached hydrogen (secondary N) is 3. The Bertz CT molecular complexity index is 1200. The molecule has 2 heterocycles. The predicted molar refractivity (Wildman–Crippen MR) is 116 cm³/mol. The van der Waals surface area contributed by atoms with Gasteiger partial charge in [0.25, 0.3) is 5.91 Å². The minimum Gasteiger partial charge on any atom is -0.353 e. The molecule has 5 rings (SSSR count). The molecule has 146 valence electrons. The molecular formula is C24H24N4O. The predicted octanol–water partition coefficient (Wildman–Crippen LogP) is 5.33. The maximum absolute atomic E-state index is 12.4. The second-order valence-electron chi connectivity index (χ2n) is 8.68. The van der Waals surface area contributed by atoms with E-state index in [9.17, 15) is 4.79 Å². The van der Waals surface area contributed by atoms with Crippen molar-refractivity contribution < 1.29 is 4.79 Å². The molecule has 0 saturated carbocycles. The molecule has 3 N–H and O–H groups in total. The van der Waals surface area contributed by atoms with Crippen molar-refractivity contribution in [3.63, 3.8) is 0 Å². The van der Waals surface area contributed by atoms with Gasteiger partial charge in [0.1, 0.15) is 5.69 Å². The monoisotopic (exact) mass is 384 g/mol. The number of carbonyl (C=O) groups excluding carboxylic acids is 1. The van der Waals surface area contributed by atoms with E-state index < -0.39 is 0 Å². The first kappa shape index (κ1) is 17.7. The summed E-state index contributed by atoms with van der Waals surface area (Å²) in [4.78, 5) is 15.9. The Morgan fingerprint density at radius 3 is 2.76 bits per heavy atom. The van der Waals surface area contributed by atoms with Crippen LogP contribution in [0, 0.1) is 5.41 Å². The third kappa shape index (κ3) is 3.33. The molecule has 2 aromatic carbocycles. The minimum absolute atomic E-state index is 0.107. The summed E-state index contributed by atoms with van der Waals surface area (Å²) in [7, 11) is 0. The van der Waals surface area contributed by atoms with E-state index in [-0.39, 0.29) is 5.91 Å². The lowest BCUT2D eigenvalue weighted by atomic mass is 9.76. The molecule has 4 aromatic rings. The summed E-state index contributed by atoms with van der Waals surface area (Å²) in [6, 6.07) is 17.3. The molecule has 5 heteroatoms. The maximum Gasteiger partial charge on any atom is 0.255 e. The highest BCUT2D eigenvalue weighted by atomic mass is 16.1. The van der Waals surface area contributed by atoms with Crippen molar-refractivity contribution in [1.82, 2.24) is 15.2 Å². The molecule has 0 spiro atoms. The summed E-state index contributed by atoms with van der Waals surface area (Å²) in [6.45, 7) is 4.62. The van der Waals surface area contributed by atoms with Gasteiger partial charge >= 0.3 is 0 Å². The molecule has 0 radical (unpaired) electrons. The van der Waals surface area contributed by atoms with Gasteiger partial charge in [-0.15, -0.1) is 0 Å². The van der Waals surface area contributed by atoms with Crippen LogP contribution in [-0.4, -0.2) is 21.1 Å². The highest BCUT2D eigenvalue weighted by Gasteiger charge is 2.29. The van der Waals surface area contributed by atoms with Crippen LogP contribution >= 0.6 is 0 Å². The lowest BCUT2D eigenvalue weighted by molar-refractivity contribution is 0.102. The summed E-state index contributed by atoms with van der Waals surface area (Å²) in [5.74, 6) is -0.107. The highest BCUT2D eigenvalue weighted by Crippen LogP contribution is 2.38. The molecule has 1 aliphatic rings. The first-order valence-electron chi connectivity index (χ1n) is 10.0. The number of fused-ring (bicyclic) bond motifs is 2. The Morgan fingerprint density at radius 2 is 1.93 bits per heavy atom. The van der Waals surface area contributed by atoms with Crippen molar-refractivity contribution in [3.8, 4) is 11.4 Å². The topological polar surface area (TPSA) is 73.6 Å². The third-order valence-corrected chi connectivity index (χ3v) is 5.83. The van der Waals surface area contributed by atoms with Crippen molar-refractivity contribution >= 4 is 22.5 Å². The Labute approximate surface area is 169 Å². The van der Waals surface area contributed by atoms with Crippen LogP contribution in [0.2, 0.25) is 0 Å². The molecule has 2 aromatic heterocycles. The van der Waals surface area contributed by atoms with E-state index in [1.54, 1.807) is 0 Å². The largest absolute Gasteiger partial charge is 0.353 e. The molecule has 0 atom stereocenters. The lowest BCUT2D eigenvalue weighted by Gasteiger charge is -2.28. The Balaban J connectivity index is 1.44. The number of aromatic amines is 2. The summed E-state index contributed by atoms with van der Waals surface area (Å²) < 4.78 is 0. The first-order valence-corrected chi connectivity index (χ1v) is 10.0. The summed E-state index contributed by atoms with van der Waals surface area (Å²) in [5, 5.41) is 11.9. The van der Waals surface area contributed by atoms with Crippen LogP contribution in [0.5, 0.6) is 0 Å². The standard InChI is InChI=1S/C24H24N4O/c1-24(2)11-10-18-21(14-24)27-28-22(18)20-13-16-12-17(8-9-19(16)26-20)25-23(29)15-6-4-3-5-7-15/h3-9,12-13,26H,10-11,14H2,1-2H3,(H,25,29)(H,27,28). The van der Waals surface area contributed by atoms with Crippen molar-refractivity contribution in [2.24, 2.45) is 5.41 Å². The lowest BCUT2D eigenvalue weighted by Crippen LogP contribution is -2.21. The fourth-order valence-electron chi connectivity index (χ4n) is 4.20. The molecule has 1 aliphatic carbocycles. The molecule has 0 bridgehead atoms. The fraction of sp³-hybridized carbons (Fsp3) is 0.250. The van der Waals surface area contributed by atoms with Crippen molar-refractivity contribution in [2.45, 2.75) is 33.1 Å². The summed E-state index contributed by atoms with van der Waals surface area (Å²) in [5.41, 5.74) is 7.40. The van der Waals surface area contributed by atoms with Gasteiger partial charge in [0.2, 0.25) is 0 Å². The third-order valence-electron chi connectivity index (χ3n) is 5.83. The van der Waals surface area contributed by atoms with E-state index >= 15 is 0 Å². The average Bonchev–Trinajstić information content (AvgIpc) is 3.30.